The Balaban J connectivity index is 0.00000420. The van der Waals surface area contributed by atoms with E-state index >= 15 is 0 Å². The molecule has 0 saturated heterocycles. The van der Waals surface area contributed by atoms with Gasteiger partial charge >= 0.3 is 182 Å². The molecule has 174 valence electrons. The molecule has 0 aromatic carbocycles. The monoisotopic (exact) mass is 670 g/mol. The topological polar surface area (TPSA) is 0 Å². The van der Waals surface area contributed by atoms with Gasteiger partial charge in [-0.05, 0) is 0 Å². The number of hydrogen-bond acceptors (Lipinski definition) is 0. The van der Waals surface area contributed by atoms with Crippen LogP contribution in [0.5, 0.6) is 0 Å². The minimum atomic E-state index is -3.28. The van der Waals surface area contributed by atoms with Crippen LogP contribution in [0, 0.1) is 0 Å². The number of allylic oxidation sites excluding steroid dienone is 8. The Kier molecular flexibility index (Phi) is 10.9. The molecule has 0 amide bonds. The summed E-state index contributed by atoms with van der Waals surface area (Å²) in [5, 5.41) is 3.64. The normalized spacial score (nSPS) is 18.2. The first-order chi connectivity index (χ1) is 12.6. The van der Waals surface area contributed by atoms with Crippen molar-refractivity contribution in [2.45, 2.75) is 101 Å². The minimum absolute atomic E-state index is 0. The maximum Gasteiger partial charge on any atom is -0.147 e. The third-order valence-electron chi connectivity index (χ3n) is 7.11. The molecule has 2 aliphatic rings. The molecular weight excluding hydrogens is 622 g/mol. The van der Waals surface area contributed by atoms with E-state index in [1.54, 1.807) is 11.1 Å². The molecule has 0 atom stereocenters. The molecule has 2 aliphatic carbocycles. The zero-order valence-electron chi connectivity index (χ0n) is 21.4. The van der Waals surface area contributed by atoms with Crippen LogP contribution in [-0.4, -0.2) is 23.1 Å². The largest absolute Gasteiger partial charge is 0.147 e. The predicted octanol–water partition coefficient (Wildman–Crippen LogP) is 8.69. The van der Waals surface area contributed by atoms with Gasteiger partial charge < -0.3 is 0 Å². The smallest absolute Gasteiger partial charge is 0.147 e. The first-order valence-electron chi connectivity index (χ1n) is 11.5. The SMILES string of the molecule is CCCC1=[C]([Hf]([CH3])([CH3])(=[SiH2])[C]2=C(CCC)C=C([Si](C)(C)C)C2)CC([Si](C)(C)C)=C1.Cl.Cl. The van der Waals surface area contributed by atoms with Crippen molar-refractivity contribution in [2.75, 3.05) is 0 Å². The fraction of sp³-hybridized carbons (Fsp3) is 0.667. The summed E-state index contributed by atoms with van der Waals surface area (Å²) in [6.07, 6.45) is 13.2. The van der Waals surface area contributed by atoms with Crippen molar-refractivity contribution in [2.24, 2.45) is 0 Å². The molecule has 0 aliphatic heterocycles. The Morgan fingerprint density at radius 2 is 1.03 bits per heavy atom. The van der Waals surface area contributed by atoms with Crippen LogP contribution >= 0.6 is 24.8 Å². The molecule has 2 rings (SSSR count). The maximum absolute atomic E-state index is 3.28. The van der Waals surface area contributed by atoms with Crippen LogP contribution in [-0.2, 0) is 17.1 Å². The van der Waals surface area contributed by atoms with E-state index in [0.29, 0.717) is 0 Å². The van der Waals surface area contributed by atoms with Crippen molar-refractivity contribution in [3.8, 4) is 0 Å². The summed E-state index contributed by atoms with van der Waals surface area (Å²) in [5.41, 5.74) is 3.53. The van der Waals surface area contributed by atoms with Crippen LogP contribution in [0.1, 0.15) is 52.4 Å². The summed E-state index contributed by atoms with van der Waals surface area (Å²) in [7, 11) is -2.46. The van der Waals surface area contributed by atoms with Gasteiger partial charge in [-0.1, -0.05) is 0 Å². The molecule has 0 aromatic rings. The zero-order chi connectivity index (χ0) is 21.6. The van der Waals surface area contributed by atoms with E-state index in [1.807, 2.05) is 17.1 Å². The Bertz CT molecular complexity index is 777. The molecule has 0 unspecified atom stereocenters. The molecule has 0 spiro atoms. The van der Waals surface area contributed by atoms with E-state index in [4.69, 9.17) is 0 Å². The van der Waals surface area contributed by atoms with Crippen LogP contribution in [0.2, 0.25) is 48.6 Å². The summed E-state index contributed by atoms with van der Waals surface area (Å²) in [6, 6.07) is 0. The first-order valence-corrected chi connectivity index (χ1v) is 37.7. The molecule has 0 aromatic heterocycles. The van der Waals surface area contributed by atoms with Crippen molar-refractivity contribution in [1.82, 2.24) is 0 Å². The van der Waals surface area contributed by atoms with Gasteiger partial charge in [0.1, 0.15) is 0 Å². The summed E-state index contributed by atoms with van der Waals surface area (Å²) in [5.74, 6) is 0. The molecule has 30 heavy (non-hydrogen) atoms. The first kappa shape index (κ1) is 31.1. The second-order valence-corrected chi connectivity index (χ2v) is 63.7. The Hall–Kier alpha value is 1.06. The Morgan fingerprint density at radius 3 is 1.27 bits per heavy atom. The van der Waals surface area contributed by atoms with E-state index in [0.717, 1.165) is 0 Å². The number of hydrogen-bond donors (Lipinski definition) is 0. The van der Waals surface area contributed by atoms with Gasteiger partial charge in [-0.15, -0.1) is 24.8 Å². The van der Waals surface area contributed by atoms with Gasteiger partial charge in [0.15, 0.2) is 0 Å². The van der Waals surface area contributed by atoms with E-state index in [9.17, 15) is 0 Å². The molecule has 0 nitrogen and oxygen atoms in total. The van der Waals surface area contributed by atoms with Crippen molar-refractivity contribution in [3.63, 3.8) is 0 Å². The van der Waals surface area contributed by atoms with Gasteiger partial charge in [0.2, 0.25) is 0 Å². The van der Waals surface area contributed by atoms with Crippen LogP contribution < -0.4 is 0 Å². The summed E-state index contributed by atoms with van der Waals surface area (Å²) >= 11 is -3.28. The predicted molar refractivity (Wildman–Crippen MR) is 151 cm³/mol. The Morgan fingerprint density at radius 1 is 0.733 bits per heavy atom. The van der Waals surface area contributed by atoms with E-state index in [1.165, 1.54) is 38.5 Å². The second kappa shape index (κ2) is 10.5. The fourth-order valence-corrected chi connectivity index (χ4v) is 30.3. The third kappa shape index (κ3) is 6.56. The quantitative estimate of drug-likeness (QED) is 0.227. The molecule has 0 saturated carbocycles. The van der Waals surface area contributed by atoms with Gasteiger partial charge in [0, 0.05) is 0 Å². The van der Waals surface area contributed by atoms with Gasteiger partial charge in [-0.2, -0.15) is 0 Å². The van der Waals surface area contributed by atoms with Gasteiger partial charge in [0.05, 0.1) is 0 Å². The Labute approximate surface area is 204 Å². The van der Waals surface area contributed by atoms with E-state index in [-0.39, 0.29) is 24.8 Å². The number of halogens is 2. The molecule has 6 heteroatoms. The van der Waals surface area contributed by atoms with E-state index < -0.39 is 33.3 Å². The van der Waals surface area contributed by atoms with Crippen LogP contribution in [0.4, 0.5) is 0 Å². The van der Waals surface area contributed by atoms with Crippen LogP contribution in [0.15, 0.2) is 40.4 Å². The molecular formula is C24H48Cl2HfSi3. The number of rotatable bonds is 8. The standard InChI is InChI=1S/2C11H19Si.2CH3.2ClH.Hf.H2Si/c2*1-5-6-10-7-8-11(9-10)12(2,3)4;;;;;;/h2*9H,5-6,8H2,1-4H3;2*1H3;2*1H;;1H2. The van der Waals surface area contributed by atoms with Gasteiger partial charge in [-0.25, -0.2) is 0 Å². The third-order valence-corrected chi connectivity index (χ3v) is 36.1. The molecule has 0 bridgehead atoms. The summed E-state index contributed by atoms with van der Waals surface area (Å²) in [4.78, 5) is 0. The molecule has 0 radical (unpaired) electrons. The van der Waals surface area contributed by atoms with Crippen molar-refractivity contribution in [3.05, 3.63) is 40.4 Å². The maximum atomic E-state index is 2.79. The second-order valence-electron chi connectivity index (χ2n) is 12.4. The van der Waals surface area contributed by atoms with Gasteiger partial charge in [-0.3, -0.25) is 0 Å². The van der Waals surface area contributed by atoms with Gasteiger partial charge in [0.25, 0.3) is 0 Å². The van der Waals surface area contributed by atoms with Crippen molar-refractivity contribution in [1.29, 1.82) is 0 Å². The molecule has 0 heterocycles. The molecule has 0 fully saturated rings. The molecule has 0 N–H and O–H groups in total. The average Bonchev–Trinajstić information content (AvgIpc) is 3.12. The average molecular weight is 670 g/mol. The zero-order valence-corrected chi connectivity index (χ0v) is 30.1. The fourth-order valence-electron chi connectivity index (χ4n) is 5.03. The van der Waals surface area contributed by atoms with Crippen LogP contribution in [0.25, 0.3) is 0 Å². The summed E-state index contributed by atoms with van der Waals surface area (Å²) in [6.45, 7) is 22.5. The van der Waals surface area contributed by atoms with E-state index in [2.05, 4.69) is 81.6 Å². The van der Waals surface area contributed by atoms with Crippen LogP contribution in [0.3, 0.4) is 0 Å². The summed E-state index contributed by atoms with van der Waals surface area (Å²) < 4.78 is 9.49. The van der Waals surface area contributed by atoms with Crippen molar-refractivity contribution >= 4 is 47.9 Å². The van der Waals surface area contributed by atoms with Crippen molar-refractivity contribution < 1.29 is 17.1 Å². The minimum Gasteiger partial charge on any atom is -0.147 e.